The van der Waals surface area contributed by atoms with Gasteiger partial charge < -0.3 is 25.1 Å². The lowest BCUT2D eigenvalue weighted by atomic mass is 10.2. The van der Waals surface area contributed by atoms with E-state index in [4.69, 9.17) is 19.8 Å². The number of aromatic nitrogens is 4. The summed E-state index contributed by atoms with van der Waals surface area (Å²) in [7, 11) is 0. The summed E-state index contributed by atoms with van der Waals surface area (Å²) in [6, 6.07) is 15.6. The highest BCUT2D eigenvalue weighted by Crippen LogP contribution is 2.20. The van der Waals surface area contributed by atoms with Crippen LogP contribution in [0.2, 0.25) is 0 Å². The number of aromatic amines is 2. The Morgan fingerprint density at radius 2 is 1.48 bits per heavy atom. The van der Waals surface area contributed by atoms with Gasteiger partial charge in [0, 0.05) is 43.1 Å². The van der Waals surface area contributed by atoms with Crippen molar-refractivity contribution in [3.63, 3.8) is 0 Å². The standard InChI is InChI=1S/C20H17N5O.2C2HF3O2/c26-20(23-13-9-16-5-1-3-10-22-16)19-24-18(15-7-11-21-12-8-15)17-6-2-4-14-25(17)19;2*3-2(4,5)1(6)7/h1-8,10-12,14H,9,13H2,(H,23,26);2*(H,6,7). The SMILES string of the molecule is O=C(NCCc1cccc[nH+]1)c1[nH]c(-c2ccncc2)c2cccc[n+]12.O=C([O-])C(F)(F)F.O=C([O-])C(F)(F)F. The van der Waals surface area contributed by atoms with Gasteiger partial charge in [0.25, 0.3) is 0 Å². The number of H-pyrrole nitrogens is 2. The lowest BCUT2D eigenvalue weighted by Crippen LogP contribution is -2.37. The lowest BCUT2D eigenvalue weighted by Gasteiger charge is -2.03. The van der Waals surface area contributed by atoms with Gasteiger partial charge in [0.05, 0.1) is 6.20 Å². The van der Waals surface area contributed by atoms with Gasteiger partial charge in [-0.05, 0) is 24.3 Å². The fourth-order valence-corrected chi connectivity index (χ4v) is 2.97. The molecule has 4 aromatic heterocycles. The summed E-state index contributed by atoms with van der Waals surface area (Å²) < 4.78 is 65.0. The molecule has 40 heavy (non-hydrogen) atoms. The van der Waals surface area contributed by atoms with Crippen molar-refractivity contribution in [2.24, 2.45) is 0 Å². The van der Waals surface area contributed by atoms with Crippen molar-refractivity contribution >= 4 is 23.4 Å². The molecule has 0 fully saturated rings. The predicted octanol–water partition coefficient (Wildman–Crippen LogP) is 0.199. The van der Waals surface area contributed by atoms with E-state index in [1.807, 2.05) is 65.3 Å². The number of alkyl halides is 6. The fourth-order valence-electron chi connectivity index (χ4n) is 2.97. The van der Waals surface area contributed by atoms with Crippen LogP contribution in [0.4, 0.5) is 26.3 Å². The van der Waals surface area contributed by atoms with Crippen molar-refractivity contribution in [1.82, 2.24) is 15.3 Å². The highest BCUT2D eigenvalue weighted by molar-refractivity contribution is 5.91. The second-order valence-electron chi connectivity index (χ2n) is 7.50. The number of nitrogens with zero attached hydrogens (tertiary/aromatic N) is 2. The molecule has 0 spiro atoms. The Hall–Kier alpha value is -5.02. The molecular weight excluding hydrogens is 552 g/mol. The van der Waals surface area contributed by atoms with Crippen molar-refractivity contribution in [2.75, 3.05) is 6.54 Å². The van der Waals surface area contributed by atoms with E-state index in [0.29, 0.717) is 12.4 Å². The normalized spacial score (nSPS) is 10.9. The summed E-state index contributed by atoms with van der Waals surface area (Å²) in [6.45, 7) is 0.553. The van der Waals surface area contributed by atoms with Crippen LogP contribution in [0.25, 0.3) is 16.8 Å². The molecule has 4 heterocycles. The van der Waals surface area contributed by atoms with E-state index in [1.165, 1.54) is 0 Å². The fraction of sp³-hybridized carbons (Fsp3) is 0.167. The minimum atomic E-state index is -5.19. The molecule has 0 bridgehead atoms. The molecule has 3 N–H and O–H groups in total. The Morgan fingerprint density at radius 3 is 2.00 bits per heavy atom. The van der Waals surface area contributed by atoms with Crippen LogP contribution in [0.1, 0.15) is 16.3 Å². The van der Waals surface area contributed by atoms with E-state index < -0.39 is 24.3 Å². The van der Waals surface area contributed by atoms with Crippen LogP contribution in [-0.2, 0) is 16.0 Å². The number of imidazole rings is 1. The minimum absolute atomic E-state index is 0.137. The Labute approximate surface area is 221 Å². The number of carbonyl (C=O) groups excluding carboxylic acids is 3. The minimum Gasteiger partial charge on any atom is -0.542 e. The first-order chi connectivity index (χ1) is 18.7. The van der Waals surface area contributed by atoms with Gasteiger partial charge in [-0.25, -0.2) is 9.97 Å². The van der Waals surface area contributed by atoms with Gasteiger partial charge in [-0.3, -0.25) is 9.78 Å². The molecule has 0 aromatic carbocycles. The molecule has 0 aliphatic rings. The molecule has 16 heteroatoms. The number of carbonyl (C=O) groups is 3. The molecule has 212 valence electrons. The highest BCUT2D eigenvalue weighted by Gasteiger charge is 2.29. The Kier molecular flexibility index (Phi) is 10.7. The first-order valence-corrected chi connectivity index (χ1v) is 10.9. The van der Waals surface area contributed by atoms with E-state index in [2.05, 4.69) is 20.3 Å². The van der Waals surface area contributed by atoms with E-state index in [0.717, 1.165) is 28.9 Å². The van der Waals surface area contributed by atoms with Crippen LogP contribution in [0.5, 0.6) is 0 Å². The number of aliphatic carboxylic acids is 2. The molecule has 1 amide bonds. The van der Waals surface area contributed by atoms with Crippen molar-refractivity contribution in [3.8, 4) is 11.3 Å². The Balaban J connectivity index is 0.000000333. The van der Waals surface area contributed by atoms with Crippen LogP contribution in [0, 0.1) is 0 Å². The van der Waals surface area contributed by atoms with Crippen LogP contribution >= 0.6 is 0 Å². The second-order valence-corrected chi connectivity index (χ2v) is 7.50. The summed E-state index contributed by atoms with van der Waals surface area (Å²) in [4.78, 5) is 40.8. The van der Waals surface area contributed by atoms with Crippen LogP contribution in [0.3, 0.4) is 0 Å². The first-order valence-electron chi connectivity index (χ1n) is 10.9. The van der Waals surface area contributed by atoms with E-state index >= 15 is 0 Å². The quantitative estimate of drug-likeness (QED) is 0.258. The van der Waals surface area contributed by atoms with E-state index in [1.54, 1.807) is 12.4 Å². The number of amides is 1. The number of hydrogen-bond acceptors (Lipinski definition) is 6. The van der Waals surface area contributed by atoms with Crippen LogP contribution in [0.15, 0.2) is 73.3 Å². The Bertz CT molecular complexity index is 1400. The van der Waals surface area contributed by atoms with E-state index in [9.17, 15) is 31.1 Å². The molecule has 4 aromatic rings. The van der Waals surface area contributed by atoms with Crippen LogP contribution in [-0.4, -0.2) is 46.7 Å². The number of rotatable bonds is 5. The van der Waals surface area contributed by atoms with Gasteiger partial charge in [0.15, 0.2) is 23.1 Å². The zero-order valence-corrected chi connectivity index (χ0v) is 20.0. The average molecular weight is 571 g/mol. The Morgan fingerprint density at radius 1 is 0.900 bits per heavy atom. The zero-order chi connectivity index (χ0) is 29.9. The van der Waals surface area contributed by atoms with Gasteiger partial charge in [-0.1, -0.05) is 12.1 Å². The summed E-state index contributed by atoms with van der Waals surface area (Å²) >= 11 is 0. The summed E-state index contributed by atoms with van der Waals surface area (Å²) in [6.07, 6.45) is -2.40. The maximum atomic E-state index is 12.7. The summed E-state index contributed by atoms with van der Waals surface area (Å²) in [5.41, 5.74) is 3.91. The summed E-state index contributed by atoms with van der Waals surface area (Å²) in [5, 5.41) is 20.6. The third kappa shape index (κ3) is 9.38. The zero-order valence-electron chi connectivity index (χ0n) is 20.0. The smallest absolute Gasteiger partial charge is 0.430 e. The molecule has 0 aliphatic heterocycles. The third-order valence-electron chi connectivity index (χ3n) is 4.70. The molecule has 0 unspecified atom stereocenters. The largest absolute Gasteiger partial charge is 0.542 e. The maximum Gasteiger partial charge on any atom is 0.430 e. The number of halogens is 6. The monoisotopic (exact) mass is 571 g/mol. The number of hydrogen-bond donors (Lipinski definition) is 2. The molecule has 0 radical (unpaired) electrons. The molecular formula is C24H19F6N5O5. The molecule has 0 atom stereocenters. The topological polar surface area (TPSA) is 156 Å². The molecule has 0 aliphatic carbocycles. The van der Waals surface area contributed by atoms with Crippen LogP contribution < -0.4 is 24.9 Å². The van der Waals surface area contributed by atoms with Crippen molar-refractivity contribution in [2.45, 2.75) is 18.8 Å². The van der Waals surface area contributed by atoms with Crippen molar-refractivity contribution in [1.29, 1.82) is 0 Å². The number of carboxylic acids is 2. The van der Waals surface area contributed by atoms with E-state index in [-0.39, 0.29) is 5.91 Å². The third-order valence-corrected chi connectivity index (χ3v) is 4.70. The van der Waals surface area contributed by atoms with Crippen molar-refractivity contribution in [3.05, 3.63) is 84.8 Å². The van der Waals surface area contributed by atoms with Gasteiger partial charge in [-0.15, -0.1) is 0 Å². The number of nitrogens with one attached hydrogen (secondary N) is 3. The van der Waals surface area contributed by atoms with Gasteiger partial charge in [0.2, 0.25) is 0 Å². The molecule has 0 saturated carbocycles. The first kappa shape index (κ1) is 31.2. The number of fused-ring (bicyclic) bond motifs is 1. The second kappa shape index (κ2) is 13.7. The maximum absolute atomic E-state index is 12.7. The molecule has 4 rings (SSSR count). The highest BCUT2D eigenvalue weighted by atomic mass is 19.4. The molecule has 0 saturated heterocycles. The molecule has 10 nitrogen and oxygen atoms in total. The van der Waals surface area contributed by atoms with Gasteiger partial charge in [-0.2, -0.15) is 30.7 Å². The van der Waals surface area contributed by atoms with Crippen molar-refractivity contribution < 1.29 is 60.3 Å². The van der Waals surface area contributed by atoms with Gasteiger partial charge >= 0.3 is 24.1 Å². The average Bonchev–Trinajstić information content (AvgIpc) is 3.29. The lowest BCUT2D eigenvalue weighted by molar-refractivity contribution is -0.513. The number of carboxylic acid groups (broad SMARTS) is 2. The number of pyridine rings is 3. The van der Waals surface area contributed by atoms with Gasteiger partial charge in [0.1, 0.15) is 11.9 Å². The summed E-state index contributed by atoms with van der Waals surface area (Å²) in [5.74, 6) is -5.65. The predicted molar refractivity (Wildman–Crippen MR) is 118 cm³/mol.